The summed E-state index contributed by atoms with van der Waals surface area (Å²) >= 11 is 0. The van der Waals surface area contributed by atoms with Crippen molar-refractivity contribution in [1.82, 2.24) is 15.1 Å². The van der Waals surface area contributed by atoms with E-state index in [0.717, 1.165) is 19.3 Å². The predicted molar refractivity (Wildman–Crippen MR) is 82.4 cm³/mol. The van der Waals surface area contributed by atoms with Crippen molar-refractivity contribution in [1.29, 1.82) is 0 Å². The number of amides is 2. The number of likely N-dealkylation sites (N-methyl/N-ethyl adjacent to an activating group) is 1. The van der Waals surface area contributed by atoms with Crippen LogP contribution in [0.2, 0.25) is 0 Å². The first-order chi connectivity index (χ1) is 10.5. The third kappa shape index (κ3) is 6.01. The molecule has 2 amide bonds. The molecule has 22 heavy (non-hydrogen) atoms. The highest BCUT2D eigenvalue weighted by atomic mass is 16.4. The summed E-state index contributed by atoms with van der Waals surface area (Å²) in [4.78, 5) is 37.7. The molecule has 0 aromatic carbocycles. The van der Waals surface area contributed by atoms with Crippen molar-refractivity contribution in [2.75, 3.05) is 32.7 Å². The number of aliphatic carboxylic acids is 1. The maximum Gasteiger partial charge on any atom is 0.322 e. The maximum atomic E-state index is 12.1. The SMILES string of the molecule is CCN1CCN(C(=O)CCCCCNC(C)=O)C[C@H]1C(=O)O. The van der Waals surface area contributed by atoms with Crippen LogP contribution in [0.4, 0.5) is 0 Å². The Labute approximate surface area is 131 Å². The molecule has 1 heterocycles. The largest absolute Gasteiger partial charge is 0.480 e. The molecule has 126 valence electrons. The molecule has 0 unspecified atom stereocenters. The number of unbranched alkanes of at least 4 members (excludes halogenated alkanes) is 2. The molecule has 0 spiro atoms. The number of carboxylic acid groups (broad SMARTS) is 1. The summed E-state index contributed by atoms with van der Waals surface area (Å²) in [6.07, 6.45) is 2.94. The highest BCUT2D eigenvalue weighted by Crippen LogP contribution is 2.12. The van der Waals surface area contributed by atoms with Gasteiger partial charge in [-0.25, -0.2) is 0 Å². The molecule has 1 rings (SSSR count). The standard InChI is InChI=1S/C15H27N3O4/c1-3-17-9-10-18(11-13(17)15(21)22)14(20)7-5-4-6-8-16-12(2)19/h13H,3-11H2,1-2H3,(H,16,19)(H,21,22)/t13-/m0/s1. The molecule has 7 nitrogen and oxygen atoms in total. The first-order valence-corrected chi connectivity index (χ1v) is 7.94. The average molecular weight is 313 g/mol. The van der Waals surface area contributed by atoms with E-state index < -0.39 is 12.0 Å². The molecular formula is C15H27N3O4. The van der Waals surface area contributed by atoms with Crippen LogP contribution in [0.25, 0.3) is 0 Å². The molecule has 1 atom stereocenters. The van der Waals surface area contributed by atoms with Gasteiger partial charge >= 0.3 is 5.97 Å². The van der Waals surface area contributed by atoms with E-state index >= 15 is 0 Å². The van der Waals surface area contributed by atoms with Crippen molar-refractivity contribution in [3.05, 3.63) is 0 Å². The summed E-state index contributed by atoms with van der Waals surface area (Å²) in [7, 11) is 0. The summed E-state index contributed by atoms with van der Waals surface area (Å²) < 4.78 is 0. The van der Waals surface area contributed by atoms with Crippen molar-refractivity contribution in [2.45, 2.75) is 45.6 Å². The topological polar surface area (TPSA) is 90.0 Å². The number of nitrogens with one attached hydrogen (secondary N) is 1. The van der Waals surface area contributed by atoms with Gasteiger partial charge in [0.25, 0.3) is 0 Å². The highest BCUT2D eigenvalue weighted by Gasteiger charge is 2.32. The van der Waals surface area contributed by atoms with Crippen LogP contribution in [0.1, 0.15) is 39.5 Å². The Morgan fingerprint density at radius 2 is 1.91 bits per heavy atom. The van der Waals surface area contributed by atoms with E-state index in [1.807, 2.05) is 11.8 Å². The Hall–Kier alpha value is -1.63. The second-order valence-electron chi connectivity index (χ2n) is 5.62. The number of carbonyl (C=O) groups excluding carboxylic acids is 2. The first-order valence-electron chi connectivity index (χ1n) is 7.94. The fourth-order valence-electron chi connectivity index (χ4n) is 2.66. The lowest BCUT2D eigenvalue weighted by molar-refractivity contribution is -0.148. The Kier molecular flexibility index (Phi) is 7.87. The second kappa shape index (κ2) is 9.40. The zero-order valence-corrected chi connectivity index (χ0v) is 13.5. The lowest BCUT2D eigenvalue weighted by Crippen LogP contribution is -2.57. The summed E-state index contributed by atoms with van der Waals surface area (Å²) in [6, 6.07) is -0.595. The predicted octanol–water partition coefficient (Wildman–Crippen LogP) is 0.300. The van der Waals surface area contributed by atoms with E-state index in [1.165, 1.54) is 6.92 Å². The van der Waals surface area contributed by atoms with Crippen molar-refractivity contribution < 1.29 is 19.5 Å². The monoisotopic (exact) mass is 313 g/mol. The van der Waals surface area contributed by atoms with Gasteiger partial charge in [0.2, 0.25) is 11.8 Å². The van der Waals surface area contributed by atoms with Gasteiger partial charge in [0.05, 0.1) is 0 Å². The quantitative estimate of drug-likeness (QED) is 0.629. The number of hydrogen-bond acceptors (Lipinski definition) is 4. The number of carboxylic acids is 1. The second-order valence-corrected chi connectivity index (χ2v) is 5.62. The van der Waals surface area contributed by atoms with Gasteiger partial charge in [0.15, 0.2) is 0 Å². The molecule has 7 heteroatoms. The van der Waals surface area contributed by atoms with Crippen molar-refractivity contribution >= 4 is 17.8 Å². The fourth-order valence-corrected chi connectivity index (χ4v) is 2.66. The van der Waals surface area contributed by atoms with Gasteiger partial charge in [-0.1, -0.05) is 13.3 Å². The molecule has 2 N–H and O–H groups in total. The highest BCUT2D eigenvalue weighted by molar-refractivity contribution is 5.79. The van der Waals surface area contributed by atoms with Gasteiger partial charge in [0.1, 0.15) is 6.04 Å². The van der Waals surface area contributed by atoms with Crippen molar-refractivity contribution in [3.8, 4) is 0 Å². The van der Waals surface area contributed by atoms with Gasteiger partial charge in [-0.3, -0.25) is 19.3 Å². The van der Waals surface area contributed by atoms with Crippen molar-refractivity contribution in [2.24, 2.45) is 0 Å². The molecule has 0 aliphatic carbocycles. The zero-order valence-electron chi connectivity index (χ0n) is 13.5. The van der Waals surface area contributed by atoms with E-state index in [4.69, 9.17) is 0 Å². The Balaban J connectivity index is 2.28. The third-order valence-electron chi connectivity index (χ3n) is 3.98. The molecule has 0 aromatic rings. The molecular weight excluding hydrogens is 286 g/mol. The first kappa shape index (κ1) is 18.4. The summed E-state index contributed by atoms with van der Waals surface area (Å²) in [5.74, 6) is -0.874. The minimum Gasteiger partial charge on any atom is -0.480 e. The van der Waals surface area contributed by atoms with Crippen LogP contribution in [0.5, 0.6) is 0 Å². The van der Waals surface area contributed by atoms with Crippen LogP contribution < -0.4 is 5.32 Å². The lowest BCUT2D eigenvalue weighted by atomic mass is 10.1. The van der Waals surface area contributed by atoms with E-state index in [9.17, 15) is 19.5 Å². The van der Waals surface area contributed by atoms with Gasteiger partial charge < -0.3 is 15.3 Å². The normalized spacial score (nSPS) is 19.0. The smallest absolute Gasteiger partial charge is 0.322 e. The Morgan fingerprint density at radius 3 is 2.50 bits per heavy atom. The number of rotatable bonds is 8. The van der Waals surface area contributed by atoms with Crippen LogP contribution in [0.3, 0.4) is 0 Å². The number of piperazine rings is 1. The average Bonchev–Trinajstić information content (AvgIpc) is 2.49. The van der Waals surface area contributed by atoms with E-state index in [0.29, 0.717) is 32.6 Å². The van der Waals surface area contributed by atoms with E-state index in [2.05, 4.69) is 5.32 Å². The van der Waals surface area contributed by atoms with Crippen LogP contribution in [-0.2, 0) is 14.4 Å². The van der Waals surface area contributed by atoms with Gasteiger partial charge in [-0.15, -0.1) is 0 Å². The lowest BCUT2D eigenvalue weighted by Gasteiger charge is -2.38. The van der Waals surface area contributed by atoms with E-state index in [1.54, 1.807) is 4.90 Å². The number of carbonyl (C=O) groups is 3. The number of nitrogens with zero attached hydrogens (tertiary/aromatic N) is 2. The minimum absolute atomic E-state index is 0.0292. The van der Waals surface area contributed by atoms with Crippen LogP contribution >= 0.6 is 0 Å². The molecule has 1 aliphatic heterocycles. The zero-order chi connectivity index (χ0) is 16.5. The van der Waals surface area contributed by atoms with Crippen LogP contribution in [0, 0.1) is 0 Å². The molecule has 1 aliphatic rings. The van der Waals surface area contributed by atoms with Crippen molar-refractivity contribution in [3.63, 3.8) is 0 Å². The molecule has 0 aromatic heterocycles. The molecule has 1 fully saturated rings. The van der Waals surface area contributed by atoms with Gasteiger partial charge in [-0.2, -0.15) is 0 Å². The molecule has 0 radical (unpaired) electrons. The number of hydrogen-bond donors (Lipinski definition) is 2. The van der Waals surface area contributed by atoms with E-state index in [-0.39, 0.29) is 18.4 Å². The minimum atomic E-state index is -0.866. The van der Waals surface area contributed by atoms with Crippen LogP contribution in [-0.4, -0.2) is 71.5 Å². The molecule has 0 saturated carbocycles. The van der Waals surface area contributed by atoms with Crippen LogP contribution in [0.15, 0.2) is 0 Å². The maximum absolute atomic E-state index is 12.1. The van der Waals surface area contributed by atoms with Gasteiger partial charge in [-0.05, 0) is 19.4 Å². The summed E-state index contributed by atoms with van der Waals surface area (Å²) in [6.45, 7) is 6.22. The molecule has 1 saturated heterocycles. The fraction of sp³-hybridized carbons (Fsp3) is 0.800. The Bertz CT molecular complexity index is 400. The third-order valence-corrected chi connectivity index (χ3v) is 3.98. The summed E-state index contributed by atoms with van der Waals surface area (Å²) in [5, 5.41) is 12.0. The molecule has 0 bridgehead atoms. The Morgan fingerprint density at radius 1 is 1.18 bits per heavy atom. The van der Waals surface area contributed by atoms with Gasteiger partial charge in [0, 0.05) is 39.5 Å². The summed E-state index contributed by atoms with van der Waals surface area (Å²) in [5.41, 5.74) is 0.